The van der Waals surface area contributed by atoms with Crippen LogP contribution in [-0.4, -0.2) is 23.0 Å². The van der Waals surface area contributed by atoms with E-state index in [9.17, 15) is 28.1 Å². The van der Waals surface area contributed by atoms with Crippen molar-refractivity contribution in [3.63, 3.8) is 0 Å². The van der Waals surface area contributed by atoms with Crippen LogP contribution >= 0.6 is 0 Å². The van der Waals surface area contributed by atoms with Crippen molar-refractivity contribution >= 4 is 11.7 Å². The van der Waals surface area contributed by atoms with Crippen LogP contribution in [0, 0.1) is 10.1 Å². The number of hydrogen-bond acceptors (Lipinski definition) is 5. The van der Waals surface area contributed by atoms with Crippen LogP contribution in [0.5, 0.6) is 0 Å². The smallest absolute Gasteiger partial charge is 0.423 e. The third kappa shape index (κ3) is 2.49. The van der Waals surface area contributed by atoms with Crippen LogP contribution in [0.2, 0.25) is 0 Å². The molecular formula is C8H5F3N2O4. The lowest BCUT2D eigenvalue weighted by molar-refractivity contribution is -0.388. The predicted octanol–water partition coefficient (Wildman–Crippen LogP) is 1.80. The first-order valence-corrected chi connectivity index (χ1v) is 4.07. The Balaban J connectivity index is 3.57. The molecule has 0 N–H and O–H groups in total. The van der Waals surface area contributed by atoms with E-state index in [1.165, 1.54) is 0 Å². The van der Waals surface area contributed by atoms with Gasteiger partial charge in [-0.1, -0.05) is 0 Å². The topological polar surface area (TPSA) is 82.3 Å². The van der Waals surface area contributed by atoms with Gasteiger partial charge >= 0.3 is 17.8 Å². The Kier molecular flexibility index (Phi) is 3.30. The SMILES string of the molecule is COC(=O)c1cncc([N+](=O)[O-])c1C(F)(F)F. The number of esters is 1. The van der Waals surface area contributed by atoms with Gasteiger partial charge in [0, 0.05) is 6.20 Å². The summed E-state index contributed by atoms with van der Waals surface area (Å²) < 4.78 is 42.0. The molecule has 0 unspecified atom stereocenters. The zero-order valence-electron chi connectivity index (χ0n) is 8.32. The van der Waals surface area contributed by atoms with Gasteiger partial charge in [-0.05, 0) is 0 Å². The van der Waals surface area contributed by atoms with Crippen molar-refractivity contribution < 1.29 is 27.6 Å². The Morgan fingerprint density at radius 2 is 2.06 bits per heavy atom. The minimum Gasteiger partial charge on any atom is -0.465 e. The van der Waals surface area contributed by atoms with Crippen LogP contribution in [-0.2, 0) is 10.9 Å². The third-order valence-electron chi connectivity index (χ3n) is 1.81. The number of alkyl halides is 3. The van der Waals surface area contributed by atoms with Crippen molar-refractivity contribution in [1.82, 2.24) is 4.98 Å². The van der Waals surface area contributed by atoms with Gasteiger partial charge in [-0.25, -0.2) is 4.79 Å². The second-order valence-corrected chi connectivity index (χ2v) is 2.83. The van der Waals surface area contributed by atoms with E-state index in [4.69, 9.17) is 0 Å². The molecule has 0 aromatic carbocycles. The third-order valence-corrected chi connectivity index (χ3v) is 1.81. The molecule has 0 saturated heterocycles. The van der Waals surface area contributed by atoms with Crippen LogP contribution in [0.15, 0.2) is 12.4 Å². The van der Waals surface area contributed by atoms with Crippen molar-refractivity contribution in [3.8, 4) is 0 Å². The maximum absolute atomic E-state index is 12.6. The number of halogens is 3. The largest absolute Gasteiger partial charge is 0.465 e. The normalized spacial score (nSPS) is 11.1. The molecule has 0 atom stereocenters. The molecule has 0 spiro atoms. The van der Waals surface area contributed by atoms with Gasteiger partial charge in [0.2, 0.25) is 0 Å². The second kappa shape index (κ2) is 4.36. The molecule has 0 saturated carbocycles. The lowest BCUT2D eigenvalue weighted by atomic mass is 10.1. The molecule has 0 aliphatic heterocycles. The van der Waals surface area contributed by atoms with Gasteiger partial charge in [-0.2, -0.15) is 13.2 Å². The minimum atomic E-state index is -5.05. The summed E-state index contributed by atoms with van der Waals surface area (Å²) in [4.78, 5) is 23.5. The van der Waals surface area contributed by atoms with E-state index in [0.29, 0.717) is 12.4 Å². The predicted molar refractivity (Wildman–Crippen MR) is 47.2 cm³/mol. The monoisotopic (exact) mass is 250 g/mol. The minimum absolute atomic E-state index is 0.426. The van der Waals surface area contributed by atoms with Gasteiger partial charge in [-0.15, -0.1) is 0 Å². The van der Waals surface area contributed by atoms with Gasteiger partial charge in [0.1, 0.15) is 6.20 Å². The molecule has 1 aromatic heterocycles. The molecule has 1 rings (SSSR count). The lowest BCUT2D eigenvalue weighted by Crippen LogP contribution is -2.17. The molecule has 0 radical (unpaired) electrons. The fourth-order valence-electron chi connectivity index (χ4n) is 1.15. The van der Waals surface area contributed by atoms with E-state index in [1.54, 1.807) is 0 Å². The number of nitro groups is 1. The summed E-state index contributed by atoms with van der Waals surface area (Å²) in [5.41, 5.74) is -3.95. The molecule has 9 heteroatoms. The Morgan fingerprint density at radius 1 is 1.47 bits per heavy atom. The number of pyridine rings is 1. The number of carbonyl (C=O) groups excluding carboxylic acids is 1. The first kappa shape index (κ1) is 12.9. The first-order valence-electron chi connectivity index (χ1n) is 4.07. The molecule has 92 valence electrons. The van der Waals surface area contributed by atoms with E-state index in [0.717, 1.165) is 7.11 Å². The van der Waals surface area contributed by atoms with E-state index >= 15 is 0 Å². The van der Waals surface area contributed by atoms with Gasteiger partial charge < -0.3 is 4.74 Å². The van der Waals surface area contributed by atoms with Crippen LogP contribution in [0.4, 0.5) is 18.9 Å². The van der Waals surface area contributed by atoms with Crippen molar-refractivity contribution in [2.45, 2.75) is 6.18 Å². The van der Waals surface area contributed by atoms with Crippen LogP contribution in [0.1, 0.15) is 15.9 Å². The summed E-state index contributed by atoms with van der Waals surface area (Å²) in [6.07, 6.45) is -4.05. The average Bonchev–Trinajstić information content (AvgIpc) is 2.25. The second-order valence-electron chi connectivity index (χ2n) is 2.83. The Bertz CT molecular complexity index is 472. The summed E-state index contributed by atoms with van der Waals surface area (Å²) >= 11 is 0. The zero-order chi connectivity index (χ0) is 13.2. The number of nitrogens with zero attached hydrogens (tertiary/aromatic N) is 2. The Labute approximate surface area is 92.2 Å². The standard InChI is InChI=1S/C8H5F3N2O4/c1-17-7(14)4-2-12-3-5(13(15)16)6(4)8(9,10)11/h2-3H,1H3. The van der Waals surface area contributed by atoms with Crippen LogP contribution in [0.3, 0.4) is 0 Å². The summed E-state index contributed by atoms with van der Waals surface area (Å²) in [6, 6.07) is 0. The number of aromatic nitrogens is 1. The fraction of sp³-hybridized carbons (Fsp3) is 0.250. The fourth-order valence-corrected chi connectivity index (χ4v) is 1.15. The maximum Gasteiger partial charge on any atom is 0.423 e. The lowest BCUT2D eigenvalue weighted by Gasteiger charge is -2.10. The quantitative estimate of drug-likeness (QED) is 0.454. The molecule has 0 fully saturated rings. The number of ether oxygens (including phenoxy) is 1. The number of rotatable bonds is 2. The summed E-state index contributed by atoms with van der Waals surface area (Å²) in [5.74, 6) is -1.34. The van der Waals surface area contributed by atoms with Crippen molar-refractivity contribution in [2.24, 2.45) is 0 Å². The molecule has 1 aromatic rings. The van der Waals surface area contributed by atoms with E-state index < -0.39 is 33.9 Å². The molecule has 0 aliphatic carbocycles. The highest BCUT2D eigenvalue weighted by Gasteiger charge is 2.43. The van der Waals surface area contributed by atoms with Crippen LogP contribution < -0.4 is 0 Å². The molecule has 0 aliphatic rings. The zero-order valence-corrected chi connectivity index (χ0v) is 8.32. The van der Waals surface area contributed by atoms with Crippen molar-refractivity contribution in [2.75, 3.05) is 7.11 Å². The highest BCUT2D eigenvalue weighted by atomic mass is 19.4. The number of methoxy groups -OCH3 is 1. The highest BCUT2D eigenvalue weighted by Crippen LogP contribution is 2.38. The maximum atomic E-state index is 12.6. The molecule has 17 heavy (non-hydrogen) atoms. The number of hydrogen-bond donors (Lipinski definition) is 0. The molecule has 0 amide bonds. The van der Waals surface area contributed by atoms with E-state index in [1.807, 2.05) is 0 Å². The molecule has 6 nitrogen and oxygen atoms in total. The number of carbonyl (C=O) groups is 1. The summed E-state index contributed by atoms with van der Waals surface area (Å²) in [7, 11) is 0.862. The first-order chi connectivity index (χ1) is 7.79. The van der Waals surface area contributed by atoms with Crippen LogP contribution in [0.25, 0.3) is 0 Å². The van der Waals surface area contributed by atoms with E-state index in [2.05, 4.69) is 9.72 Å². The van der Waals surface area contributed by atoms with Crippen molar-refractivity contribution in [1.29, 1.82) is 0 Å². The van der Waals surface area contributed by atoms with Crippen molar-refractivity contribution in [3.05, 3.63) is 33.6 Å². The van der Waals surface area contributed by atoms with Gasteiger partial charge in [0.05, 0.1) is 17.6 Å². The Morgan fingerprint density at radius 3 is 2.47 bits per heavy atom. The van der Waals surface area contributed by atoms with Gasteiger partial charge in [0.15, 0.2) is 5.56 Å². The molecule has 1 heterocycles. The van der Waals surface area contributed by atoms with Gasteiger partial charge in [-0.3, -0.25) is 15.1 Å². The molecule has 0 bridgehead atoms. The highest BCUT2D eigenvalue weighted by molar-refractivity contribution is 5.92. The van der Waals surface area contributed by atoms with Gasteiger partial charge in [0.25, 0.3) is 0 Å². The summed E-state index contributed by atoms with van der Waals surface area (Å²) in [6.45, 7) is 0. The van der Waals surface area contributed by atoms with E-state index in [-0.39, 0.29) is 0 Å². The summed E-state index contributed by atoms with van der Waals surface area (Å²) in [5, 5.41) is 10.4. The molecular weight excluding hydrogens is 245 g/mol. The average molecular weight is 250 g/mol. The Hall–Kier alpha value is -2.19.